The second-order valence-electron chi connectivity index (χ2n) is 11.1. The minimum absolute atomic E-state index is 0.134. The second kappa shape index (κ2) is 13.7. The molecule has 4 rings (SSSR count). The fourth-order valence-electron chi connectivity index (χ4n) is 6.13. The van der Waals surface area contributed by atoms with Crippen LogP contribution in [0, 0.1) is 17.7 Å². The molecule has 1 N–H and O–H groups in total. The number of rotatable bonds is 10. The molecule has 0 aliphatic carbocycles. The number of likely N-dealkylation sites (tertiary alicyclic amines) is 1. The van der Waals surface area contributed by atoms with Crippen LogP contribution < -0.4 is 10.2 Å². The number of halogens is 1. The number of amides is 1. The number of carbonyl (C=O) groups excluding carboxylic acids is 1. The molecular formula is C28H46FN5O2. The highest BCUT2D eigenvalue weighted by molar-refractivity contribution is 5.75. The number of benzene rings is 1. The van der Waals surface area contributed by atoms with Gasteiger partial charge in [0.1, 0.15) is 5.82 Å². The van der Waals surface area contributed by atoms with Crippen molar-refractivity contribution >= 4 is 11.6 Å². The predicted molar refractivity (Wildman–Crippen MR) is 143 cm³/mol. The van der Waals surface area contributed by atoms with Gasteiger partial charge >= 0.3 is 0 Å². The van der Waals surface area contributed by atoms with Crippen LogP contribution in [0.5, 0.6) is 0 Å². The summed E-state index contributed by atoms with van der Waals surface area (Å²) in [6.45, 7) is 16.6. The summed E-state index contributed by atoms with van der Waals surface area (Å²) in [6, 6.07) is 7.60. The van der Waals surface area contributed by atoms with E-state index in [1.807, 2.05) is 12.1 Å². The van der Waals surface area contributed by atoms with E-state index >= 15 is 0 Å². The van der Waals surface area contributed by atoms with E-state index in [1.54, 1.807) is 12.1 Å². The Labute approximate surface area is 216 Å². The van der Waals surface area contributed by atoms with E-state index in [4.69, 9.17) is 4.74 Å². The Morgan fingerprint density at radius 2 is 1.81 bits per heavy atom. The molecule has 8 heteroatoms. The number of piperidine rings is 1. The Kier molecular flexibility index (Phi) is 10.4. The molecule has 3 aliphatic heterocycles. The van der Waals surface area contributed by atoms with Crippen molar-refractivity contribution in [2.75, 3.05) is 90.1 Å². The molecule has 3 saturated heterocycles. The van der Waals surface area contributed by atoms with Crippen molar-refractivity contribution in [3.63, 3.8) is 0 Å². The minimum atomic E-state index is -0.134. The Balaban J connectivity index is 1.28. The lowest BCUT2D eigenvalue weighted by Crippen LogP contribution is -2.57. The van der Waals surface area contributed by atoms with E-state index in [2.05, 4.69) is 38.8 Å². The smallest absolute Gasteiger partial charge is 0.220 e. The molecule has 7 nitrogen and oxygen atoms in total. The van der Waals surface area contributed by atoms with E-state index in [-0.39, 0.29) is 11.7 Å². The molecule has 1 amide bonds. The van der Waals surface area contributed by atoms with Crippen LogP contribution in [0.25, 0.3) is 0 Å². The van der Waals surface area contributed by atoms with Crippen LogP contribution in [0.4, 0.5) is 10.1 Å². The fraction of sp³-hybridized carbons (Fsp3) is 0.750. The lowest BCUT2D eigenvalue weighted by Gasteiger charge is -2.47. The quantitative estimate of drug-likeness (QED) is 0.530. The number of hydrogen-bond donors (Lipinski definition) is 1. The standard InChI is InChI=1S/C28H46FN5O2/c1-23(2)21-32-11-9-26(33-13-15-34(16-14-33)27-6-4-3-5-25(27)29)24(22-32)7-8-28(35)30-10-12-31-17-19-36-20-18-31/h3-6,23-24,26H,7-22H2,1-2H3,(H,30,35)/t24-,26+/m1/s1. The number of hydrogen-bond acceptors (Lipinski definition) is 6. The summed E-state index contributed by atoms with van der Waals surface area (Å²) >= 11 is 0. The number of anilines is 1. The third kappa shape index (κ3) is 7.88. The van der Waals surface area contributed by atoms with Crippen molar-refractivity contribution in [3.8, 4) is 0 Å². The lowest BCUT2D eigenvalue weighted by molar-refractivity contribution is -0.121. The van der Waals surface area contributed by atoms with Gasteiger partial charge in [0.05, 0.1) is 18.9 Å². The van der Waals surface area contributed by atoms with Gasteiger partial charge in [-0.3, -0.25) is 14.6 Å². The molecule has 0 aromatic heterocycles. The molecule has 0 saturated carbocycles. The Morgan fingerprint density at radius 3 is 2.53 bits per heavy atom. The van der Waals surface area contributed by atoms with Crippen molar-refractivity contribution in [1.82, 2.24) is 20.0 Å². The molecule has 3 fully saturated rings. The zero-order valence-electron chi connectivity index (χ0n) is 22.3. The van der Waals surface area contributed by atoms with E-state index in [0.29, 0.717) is 36.5 Å². The van der Waals surface area contributed by atoms with Gasteiger partial charge in [-0.05, 0) is 43.4 Å². The molecule has 202 valence electrons. The third-order valence-electron chi connectivity index (χ3n) is 7.97. The topological polar surface area (TPSA) is 51.3 Å². The maximum absolute atomic E-state index is 14.3. The van der Waals surface area contributed by atoms with Gasteiger partial charge in [-0.25, -0.2) is 4.39 Å². The van der Waals surface area contributed by atoms with E-state index in [1.165, 1.54) is 0 Å². The van der Waals surface area contributed by atoms with Gasteiger partial charge in [-0.2, -0.15) is 0 Å². The first kappa shape index (κ1) is 27.3. The van der Waals surface area contributed by atoms with Crippen LogP contribution >= 0.6 is 0 Å². The lowest BCUT2D eigenvalue weighted by atomic mass is 9.86. The van der Waals surface area contributed by atoms with Crippen LogP contribution in [0.15, 0.2) is 24.3 Å². The molecule has 0 spiro atoms. The molecule has 0 bridgehead atoms. The number of morpholine rings is 1. The maximum Gasteiger partial charge on any atom is 0.220 e. The fourth-order valence-corrected chi connectivity index (χ4v) is 6.13. The number of piperazine rings is 1. The SMILES string of the molecule is CC(C)CN1CC[C@H](N2CCN(c3ccccc3F)CC2)[C@H](CCC(=O)NCCN2CCOCC2)C1. The molecule has 2 atom stereocenters. The average molecular weight is 504 g/mol. The number of carbonyl (C=O) groups is 1. The first-order valence-electron chi connectivity index (χ1n) is 14.0. The Hall–Kier alpha value is -1.74. The van der Waals surface area contributed by atoms with Crippen molar-refractivity contribution in [2.24, 2.45) is 11.8 Å². The van der Waals surface area contributed by atoms with Crippen LogP contribution in [-0.2, 0) is 9.53 Å². The van der Waals surface area contributed by atoms with E-state index < -0.39 is 0 Å². The van der Waals surface area contributed by atoms with Gasteiger partial charge in [0, 0.05) is 77.9 Å². The summed E-state index contributed by atoms with van der Waals surface area (Å²) < 4.78 is 19.7. The van der Waals surface area contributed by atoms with Gasteiger partial charge < -0.3 is 19.9 Å². The average Bonchev–Trinajstić information content (AvgIpc) is 2.88. The number of para-hydroxylation sites is 1. The first-order valence-corrected chi connectivity index (χ1v) is 14.0. The summed E-state index contributed by atoms with van der Waals surface area (Å²) in [7, 11) is 0. The number of nitrogens with one attached hydrogen (secondary N) is 1. The summed E-state index contributed by atoms with van der Waals surface area (Å²) in [6.07, 6.45) is 2.67. The minimum Gasteiger partial charge on any atom is -0.379 e. The summed E-state index contributed by atoms with van der Waals surface area (Å²) in [5.41, 5.74) is 0.717. The van der Waals surface area contributed by atoms with Gasteiger partial charge in [-0.15, -0.1) is 0 Å². The molecule has 1 aromatic carbocycles. The maximum atomic E-state index is 14.3. The molecule has 3 aliphatic rings. The predicted octanol–water partition coefficient (Wildman–Crippen LogP) is 2.52. The van der Waals surface area contributed by atoms with Gasteiger partial charge in [-0.1, -0.05) is 26.0 Å². The van der Waals surface area contributed by atoms with Crippen molar-refractivity contribution < 1.29 is 13.9 Å². The zero-order chi connectivity index (χ0) is 25.3. The second-order valence-corrected chi connectivity index (χ2v) is 11.1. The molecule has 0 unspecified atom stereocenters. The van der Waals surface area contributed by atoms with Crippen molar-refractivity contribution in [1.29, 1.82) is 0 Å². The zero-order valence-corrected chi connectivity index (χ0v) is 22.3. The third-order valence-corrected chi connectivity index (χ3v) is 7.97. The van der Waals surface area contributed by atoms with Gasteiger partial charge in [0.2, 0.25) is 5.91 Å². The van der Waals surface area contributed by atoms with Gasteiger partial charge in [0.25, 0.3) is 0 Å². The normalized spacial score (nSPS) is 24.8. The summed E-state index contributed by atoms with van der Waals surface area (Å²) in [4.78, 5) is 22.4. The molecule has 1 aromatic rings. The Bertz CT molecular complexity index is 811. The van der Waals surface area contributed by atoms with Crippen molar-refractivity contribution in [3.05, 3.63) is 30.1 Å². The van der Waals surface area contributed by atoms with Gasteiger partial charge in [0.15, 0.2) is 0 Å². The van der Waals surface area contributed by atoms with Crippen LogP contribution in [0.2, 0.25) is 0 Å². The van der Waals surface area contributed by atoms with Crippen LogP contribution in [0.1, 0.15) is 33.1 Å². The highest BCUT2D eigenvalue weighted by Gasteiger charge is 2.35. The Morgan fingerprint density at radius 1 is 1.06 bits per heavy atom. The van der Waals surface area contributed by atoms with E-state index in [0.717, 1.165) is 91.5 Å². The highest BCUT2D eigenvalue weighted by atomic mass is 19.1. The number of ether oxygens (including phenoxy) is 1. The highest BCUT2D eigenvalue weighted by Crippen LogP contribution is 2.29. The summed E-state index contributed by atoms with van der Waals surface area (Å²) in [5.74, 6) is 1.18. The van der Waals surface area contributed by atoms with E-state index in [9.17, 15) is 9.18 Å². The van der Waals surface area contributed by atoms with Crippen LogP contribution in [-0.4, -0.2) is 112 Å². The monoisotopic (exact) mass is 503 g/mol. The molecule has 0 radical (unpaired) electrons. The first-order chi connectivity index (χ1) is 17.5. The largest absolute Gasteiger partial charge is 0.379 e. The molecule has 3 heterocycles. The molecule has 36 heavy (non-hydrogen) atoms. The summed E-state index contributed by atoms with van der Waals surface area (Å²) in [5, 5.41) is 3.15. The number of nitrogens with zero attached hydrogens (tertiary/aromatic N) is 4. The van der Waals surface area contributed by atoms with Crippen molar-refractivity contribution in [2.45, 2.75) is 39.2 Å². The molecular weight excluding hydrogens is 457 g/mol. The van der Waals surface area contributed by atoms with Crippen LogP contribution in [0.3, 0.4) is 0 Å².